The first-order valence-corrected chi connectivity index (χ1v) is 3.98. The fourth-order valence-electron chi connectivity index (χ4n) is 0.725. The second-order valence-corrected chi connectivity index (χ2v) is 2.91. The largest absolute Gasteiger partial charge is 0.471 e. The van der Waals surface area contributed by atoms with E-state index in [1.807, 2.05) is 0 Å². The zero-order chi connectivity index (χ0) is 11.6. The average molecular weight is 240 g/mol. The van der Waals surface area contributed by atoms with Crippen LogP contribution in [0.15, 0.2) is 12.1 Å². The molecular weight excluding hydrogens is 235 g/mol. The lowest BCUT2D eigenvalue weighted by molar-refractivity contribution is -0.167. The van der Waals surface area contributed by atoms with E-state index in [4.69, 9.17) is 17.3 Å². The number of carbonyl (C=O) groups excluding carboxylic acids is 1. The fraction of sp³-hybridized carbons (Fsp3) is 0.143. The maximum Gasteiger partial charge on any atom is 0.471 e. The molecule has 82 valence electrons. The van der Waals surface area contributed by atoms with Gasteiger partial charge >= 0.3 is 12.1 Å². The molecule has 1 rings (SSSR count). The second kappa shape index (κ2) is 3.93. The lowest BCUT2D eigenvalue weighted by atomic mass is 10.4. The van der Waals surface area contributed by atoms with Crippen LogP contribution in [0.1, 0.15) is 0 Å². The molecule has 0 aromatic carbocycles. The summed E-state index contributed by atoms with van der Waals surface area (Å²) in [6.07, 6.45) is -4.99. The van der Waals surface area contributed by atoms with Crippen molar-refractivity contribution in [1.82, 2.24) is 4.98 Å². The molecule has 0 saturated heterocycles. The Balaban J connectivity index is 2.90. The number of nitrogens with two attached hydrogens (primary N) is 1. The van der Waals surface area contributed by atoms with Crippen molar-refractivity contribution in [2.24, 2.45) is 0 Å². The maximum absolute atomic E-state index is 11.9. The number of aromatic nitrogens is 1. The number of hydrogen-bond donors (Lipinski definition) is 2. The van der Waals surface area contributed by atoms with Gasteiger partial charge in [0.1, 0.15) is 5.15 Å². The molecule has 1 heterocycles. The van der Waals surface area contributed by atoms with Crippen molar-refractivity contribution in [3.63, 3.8) is 0 Å². The van der Waals surface area contributed by atoms with Crippen LogP contribution in [0.2, 0.25) is 5.15 Å². The van der Waals surface area contributed by atoms with Gasteiger partial charge in [-0.2, -0.15) is 13.2 Å². The highest BCUT2D eigenvalue weighted by atomic mass is 35.5. The number of rotatable bonds is 1. The minimum atomic E-state index is -4.99. The molecule has 1 aromatic rings. The van der Waals surface area contributed by atoms with E-state index in [-0.39, 0.29) is 10.8 Å². The fourth-order valence-corrected chi connectivity index (χ4v) is 0.872. The molecule has 0 atom stereocenters. The van der Waals surface area contributed by atoms with Gasteiger partial charge < -0.3 is 11.1 Å². The number of pyridine rings is 1. The Bertz CT molecular complexity index is 394. The Morgan fingerprint density at radius 2 is 2.07 bits per heavy atom. The van der Waals surface area contributed by atoms with E-state index in [0.29, 0.717) is 0 Å². The molecule has 3 N–H and O–H groups in total. The highest BCUT2D eigenvalue weighted by molar-refractivity contribution is 6.29. The van der Waals surface area contributed by atoms with Gasteiger partial charge in [-0.3, -0.25) is 4.79 Å². The van der Waals surface area contributed by atoms with E-state index in [0.717, 1.165) is 0 Å². The first-order chi connectivity index (χ1) is 6.80. The molecule has 0 fully saturated rings. The van der Waals surface area contributed by atoms with Crippen molar-refractivity contribution in [3.8, 4) is 0 Å². The van der Waals surface area contributed by atoms with Crippen molar-refractivity contribution in [1.29, 1.82) is 0 Å². The topological polar surface area (TPSA) is 68.0 Å². The van der Waals surface area contributed by atoms with Gasteiger partial charge in [0.15, 0.2) is 5.82 Å². The first-order valence-electron chi connectivity index (χ1n) is 3.61. The van der Waals surface area contributed by atoms with Crippen LogP contribution < -0.4 is 11.1 Å². The summed E-state index contributed by atoms with van der Waals surface area (Å²) in [5.41, 5.74) is 5.18. The summed E-state index contributed by atoms with van der Waals surface area (Å²) < 4.78 is 35.6. The highest BCUT2D eigenvalue weighted by Gasteiger charge is 2.39. The number of nitrogens with zero attached hydrogens (tertiary/aromatic N) is 1. The van der Waals surface area contributed by atoms with Crippen molar-refractivity contribution in [2.45, 2.75) is 6.18 Å². The van der Waals surface area contributed by atoms with Gasteiger partial charge in [0.05, 0.1) is 5.69 Å². The average Bonchev–Trinajstić information content (AvgIpc) is 2.09. The van der Waals surface area contributed by atoms with Crippen molar-refractivity contribution in [3.05, 3.63) is 17.3 Å². The first kappa shape index (κ1) is 11.6. The minimum absolute atomic E-state index is 0.0679. The van der Waals surface area contributed by atoms with Crippen LogP contribution in [0.5, 0.6) is 0 Å². The summed E-state index contributed by atoms with van der Waals surface area (Å²) in [5, 5.41) is 1.44. The van der Waals surface area contributed by atoms with Gasteiger partial charge in [0.2, 0.25) is 0 Å². The molecule has 1 amide bonds. The molecule has 15 heavy (non-hydrogen) atoms. The SMILES string of the molecule is Nc1ccc(Cl)nc1NC(=O)C(F)(F)F. The molecule has 8 heteroatoms. The molecule has 0 bridgehead atoms. The molecular formula is C7H5ClF3N3O. The summed E-state index contributed by atoms with van der Waals surface area (Å²) in [4.78, 5) is 14.0. The van der Waals surface area contributed by atoms with Crippen LogP contribution in [-0.2, 0) is 4.79 Å². The second-order valence-electron chi connectivity index (χ2n) is 2.52. The minimum Gasteiger partial charge on any atom is -0.396 e. The number of amides is 1. The van der Waals surface area contributed by atoms with Crippen LogP contribution >= 0.6 is 11.6 Å². The normalized spacial score (nSPS) is 11.2. The van der Waals surface area contributed by atoms with E-state index >= 15 is 0 Å². The molecule has 0 unspecified atom stereocenters. The molecule has 0 saturated carbocycles. The molecule has 0 aliphatic carbocycles. The summed E-state index contributed by atoms with van der Waals surface area (Å²) in [7, 11) is 0. The Morgan fingerprint density at radius 1 is 1.47 bits per heavy atom. The number of nitrogen functional groups attached to an aromatic ring is 1. The molecule has 1 aromatic heterocycles. The third-order valence-corrected chi connectivity index (χ3v) is 1.59. The molecule has 0 aliphatic rings. The summed E-state index contributed by atoms with van der Waals surface area (Å²) in [6, 6.07) is 2.53. The van der Waals surface area contributed by atoms with Gasteiger partial charge in [-0.25, -0.2) is 4.98 Å². The van der Waals surface area contributed by atoms with Crippen LogP contribution in [0.4, 0.5) is 24.7 Å². The van der Waals surface area contributed by atoms with Gasteiger partial charge in [0, 0.05) is 0 Å². The van der Waals surface area contributed by atoms with Crippen molar-refractivity contribution >= 4 is 29.0 Å². The number of nitrogens with one attached hydrogen (secondary N) is 1. The molecule has 0 radical (unpaired) electrons. The smallest absolute Gasteiger partial charge is 0.396 e. The van der Waals surface area contributed by atoms with Crippen molar-refractivity contribution < 1.29 is 18.0 Å². The number of carbonyl (C=O) groups is 1. The molecule has 0 spiro atoms. The highest BCUT2D eigenvalue weighted by Crippen LogP contribution is 2.22. The van der Waals surface area contributed by atoms with Gasteiger partial charge in [-0.15, -0.1) is 0 Å². The van der Waals surface area contributed by atoms with E-state index in [1.165, 1.54) is 17.4 Å². The Morgan fingerprint density at radius 3 is 2.60 bits per heavy atom. The van der Waals surface area contributed by atoms with E-state index in [9.17, 15) is 18.0 Å². The van der Waals surface area contributed by atoms with E-state index in [1.54, 1.807) is 0 Å². The molecule has 0 aliphatic heterocycles. The molecule has 4 nitrogen and oxygen atoms in total. The van der Waals surface area contributed by atoms with Gasteiger partial charge in [-0.1, -0.05) is 11.6 Å². The van der Waals surface area contributed by atoms with Gasteiger partial charge in [-0.05, 0) is 12.1 Å². The van der Waals surface area contributed by atoms with Crippen LogP contribution in [0.25, 0.3) is 0 Å². The standard InChI is InChI=1S/C7H5ClF3N3O/c8-4-2-1-3(12)5(13-4)14-6(15)7(9,10)11/h1-2H,12H2,(H,13,14,15). The van der Waals surface area contributed by atoms with E-state index in [2.05, 4.69) is 4.98 Å². The zero-order valence-electron chi connectivity index (χ0n) is 7.10. The van der Waals surface area contributed by atoms with Crippen LogP contribution in [0, 0.1) is 0 Å². The third-order valence-electron chi connectivity index (χ3n) is 1.38. The number of halogens is 4. The predicted molar refractivity (Wildman–Crippen MR) is 48.3 cm³/mol. The van der Waals surface area contributed by atoms with Crippen LogP contribution in [0.3, 0.4) is 0 Å². The summed E-state index contributed by atoms with van der Waals surface area (Å²) in [5.74, 6) is -2.56. The number of hydrogen-bond acceptors (Lipinski definition) is 3. The Kier molecular flexibility index (Phi) is 3.04. The third kappa shape index (κ3) is 2.98. The van der Waals surface area contributed by atoms with Crippen LogP contribution in [-0.4, -0.2) is 17.1 Å². The predicted octanol–water partition coefficient (Wildman–Crippen LogP) is 1.82. The quantitative estimate of drug-likeness (QED) is 0.735. The van der Waals surface area contributed by atoms with Crippen molar-refractivity contribution in [2.75, 3.05) is 11.1 Å². The van der Waals surface area contributed by atoms with E-state index < -0.39 is 17.9 Å². The summed E-state index contributed by atoms with van der Waals surface area (Å²) >= 11 is 5.42. The summed E-state index contributed by atoms with van der Waals surface area (Å²) in [6.45, 7) is 0. The number of anilines is 2. The Hall–Kier alpha value is -1.50. The van der Waals surface area contributed by atoms with Gasteiger partial charge in [0.25, 0.3) is 0 Å². The lowest BCUT2D eigenvalue weighted by Gasteiger charge is -2.08. The zero-order valence-corrected chi connectivity index (χ0v) is 7.86. The maximum atomic E-state index is 11.9. The number of alkyl halides is 3. The lowest BCUT2D eigenvalue weighted by Crippen LogP contribution is -2.30. The monoisotopic (exact) mass is 239 g/mol. The Labute approximate surface area is 87.2 Å².